The summed E-state index contributed by atoms with van der Waals surface area (Å²) in [5.41, 5.74) is 7.13. The number of carbonyl (C=O) groups is 1. The molecule has 1 saturated heterocycles. The summed E-state index contributed by atoms with van der Waals surface area (Å²) >= 11 is 0. The summed E-state index contributed by atoms with van der Waals surface area (Å²) in [6.07, 6.45) is 21.7. The van der Waals surface area contributed by atoms with Crippen molar-refractivity contribution >= 4 is 34.9 Å². The number of morpholine rings is 1. The number of ether oxygens (including phenoxy) is 3. The van der Waals surface area contributed by atoms with Crippen LogP contribution in [0, 0.1) is 53.3 Å². The van der Waals surface area contributed by atoms with Gasteiger partial charge >= 0.3 is 0 Å². The highest BCUT2D eigenvalue weighted by atomic mass is 16.5. The van der Waals surface area contributed by atoms with Crippen molar-refractivity contribution in [3.05, 3.63) is 104 Å². The Kier molecular flexibility index (Phi) is 15.6. The van der Waals surface area contributed by atoms with Crippen molar-refractivity contribution in [2.24, 2.45) is 23.7 Å². The van der Waals surface area contributed by atoms with Gasteiger partial charge in [-0.1, -0.05) is 37.8 Å². The van der Waals surface area contributed by atoms with Gasteiger partial charge in [-0.15, -0.1) is 0 Å². The van der Waals surface area contributed by atoms with Crippen LogP contribution in [0.3, 0.4) is 0 Å². The van der Waals surface area contributed by atoms with E-state index in [-0.39, 0.29) is 24.3 Å². The zero-order valence-corrected chi connectivity index (χ0v) is 40.7. The Labute approximate surface area is 418 Å². The van der Waals surface area contributed by atoms with Gasteiger partial charge in [0.2, 0.25) is 11.9 Å². The van der Waals surface area contributed by atoms with Gasteiger partial charge in [0.15, 0.2) is 11.5 Å². The fraction of sp³-hybridized carbons (Fsp3) is 0.377. The second-order valence-corrected chi connectivity index (χ2v) is 18.1. The van der Waals surface area contributed by atoms with E-state index in [2.05, 4.69) is 57.9 Å². The fourth-order valence-corrected chi connectivity index (χ4v) is 9.61. The van der Waals surface area contributed by atoms with Crippen molar-refractivity contribution in [2.45, 2.75) is 71.4 Å². The molecular formula is C53H57N15O4. The van der Waals surface area contributed by atoms with Crippen molar-refractivity contribution in [3.8, 4) is 57.4 Å². The van der Waals surface area contributed by atoms with E-state index in [1.807, 2.05) is 83.3 Å². The minimum atomic E-state index is -0.0463. The molecule has 2 saturated carbocycles. The van der Waals surface area contributed by atoms with Crippen molar-refractivity contribution in [1.29, 1.82) is 10.5 Å². The Morgan fingerprint density at radius 3 is 1.81 bits per heavy atom. The molecule has 19 heteroatoms. The Bertz CT molecular complexity index is 3040. The number of hydrogen-bond acceptors (Lipinski definition) is 16. The van der Waals surface area contributed by atoms with Gasteiger partial charge in [-0.25, -0.2) is 29.9 Å². The highest BCUT2D eigenvalue weighted by Crippen LogP contribution is 2.35. The lowest BCUT2D eigenvalue weighted by Gasteiger charge is -2.26. The zero-order valence-electron chi connectivity index (χ0n) is 40.7. The van der Waals surface area contributed by atoms with Crippen LogP contribution in [0.1, 0.15) is 57.2 Å². The first-order chi connectivity index (χ1) is 35.3. The fourth-order valence-electron chi connectivity index (χ4n) is 9.61. The molecule has 368 valence electrons. The molecule has 0 spiro atoms. The van der Waals surface area contributed by atoms with Gasteiger partial charge in [-0.2, -0.15) is 20.7 Å². The molecule has 1 amide bonds. The molecule has 6 heterocycles. The van der Waals surface area contributed by atoms with Crippen LogP contribution in [0.25, 0.3) is 33.8 Å². The standard InChI is InChI=1S/C27H28N8O.C26H29N7O3/c1-18-29-11-10-24(32-18)20-8-5-9-23(12-20)33-27-30-15-25(36-2)26(34-27)22-14-31-35(17-22)16-21(13-28)19-6-3-4-7-19;1-35-23-14-28-26(30-21-6-8-22(9-7-21)33-10-11-36-17-24(33)34)31-25(23)20-13-29-32(16-20)15-19(12-27)18-4-2-3-5-18/h5,8-12,14-15,17,19,21H,3-4,6-7,16H2,1-2H3,(H,30,33,34);6-9,13-14,16,18-19H,2-5,10-11,15,17H2,1H3,(H,28,30,31). The summed E-state index contributed by atoms with van der Waals surface area (Å²) in [5, 5.41) is 34.9. The molecule has 19 nitrogen and oxygen atoms in total. The molecule has 1 aliphatic heterocycles. The lowest BCUT2D eigenvalue weighted by Crippen LogP contribution is -2.41. The molecule has 2 unspecified atom stereocenters. The highest BCUT2D eigenvalue weighted by Gasteiger charge is 2.27. The van der Waals surface area contributed by atoms with E-state index >= 15 is 0 Å². The molecule has 0 bridgehead atoms. The van der Waals surface area contributed by atoms with Crippen molar-refractivity contribution < 1.29 is 19.0 Å². The van der Waals surface area contributed by atoms with Gasteiger partial charge in [0.25, 0.3) is 5.91 Å². The van der Waals surface area contributed by atoms with Crippen LogP contribution in [0.2, 0.25) is 0 Å². The number of methoxy groups -OCH3 is 2. The summed E-state index contributed by atoms with van der Waals surface area (Å²) < 4.78 is 19.9. The maximum atomic E-state index is 12.1. The van der Waals surface area contributed by atoms with Gasteiger partial charge in [0.1, 0.15) is 23.8 Å². The molecule has 2 atom stereocenters. The van der Waals surface area contributed by atoms with E-state index in [1.165, 1.54) is 25.7 Å². The molecule has 7 aromatic rings. The summed E-state index contributed by atoms with van der Waals surface area (Å²) in [4.78, 5) is 40.7. The van der Waals surface area contributed by atoms with E-state index in [9.17, 15) is 15.3 Å². The van der Waals surface area contributed by atoms with Crippen LogP contribution in [-0.4, -0.2) is 89.4 Å². The van der Waals surface area contributed by atoms with Crippen molar-refractivity contribution in [2.75, 3.05) is 49.5 Å². The Morgan fingerprint density at radius 1 is 0.708 bits per heavy atom. The number of nitriles is 2. The summed E-state index contributed by atoms with van der Waals surface area (Å²) in [6, 6.07) is 22.3. The number of nitrogens with zero attached hydrogens (tertiary/aromatic N) is 13. The SMILES string of the molecule is COc1cnc(Nc2ccc(N3CCOCC3=O)cc2)nc1-c1cnn(CC(C#N)C2CCCC2)c1.COc1cnc(Nc2cccc(-c3ccnc(C)n3)c2)nc1-c1cnn(CC(C#N)C2CCCC2)c1. The lowest BCUT2D eigenvalue weighted by atomic mass is 9.92. The second-order valence-electron chi connectivity index (χ2n) is 18.1. The molecule has 72 heavy (non-hydrogen) atoms. The minimum Gasteiger partial charge on any atom is -0.493 e. The average molecular weight is 968 g/mol. The van der Waals surface area contributed by atoms with Gasteiger partial charge in [-0.05, 0) is 86.9 Å². The smallest absolute Gasteiger partial charge is 0.253 e. The number of rotatable bonds is 16. The molecule has 2 aromatic carbocycles. The summed E-state index contributed by atoms with van der Waals surface area (Å²) in [6.45, 7) is 4.20. The number of amides is 1. The van der Waals surface area contributed by atoms with E-state index in [1.54, 1.807) is 50.1 Å². The third kappa shape index (κ3) is 11.8. The largest absolute Gasteiger partial charge is 0.493 e. The van der Waals surface area contributed by atoms with E-state index in [4.69, 9.17) is 19.2 Å². The highest BCUT2D eigenvalue weighted by molar-refractivity contribution is 5.95. The Balaban J connectivity index is 0.000000178. The normalized spacial score (nSPS) is 15.7. The number of aromatic nitrogens is 10. The maximum absolute atomic E-state index is 12.1. The molecule has 3 aliphatic rings. The molecule has 5 aromatic heterocycles. The zero-order chi connectivity index (χ0) is 49.8. The van der Waals surface area contributed by atoms with Crippen LogP contribution in [0.4, 0.5) is 29.0 Å². The molecule has 10 rings (SSSR count). The quantitative estimate of drug-likeness (QED) is 0.0920. The Hall–Kier alpha value is -8.29. The van der Waals surface area contributed by atoms with Crippen LogP contribution >= 0.6 is 0 Å². The van der Waals surface area contributed by atoms with Gasteiger partial charge < -0.3 is 29.7 Å². The summed E-state index contributed by atoms with van der Waals surface area (Å²) in [5.74, 6) is 3.44. The van der Waals surface area contributed by atoms with Crippen LogP contribution < -0.4 is 25.0 Å². The van der Waals surface area contributed by atoms with Gasteiger partial charge in [0, 0.05) is 58.9 Å². The Morgan fingerprint density at radius 2 is 1.28 bits per heavy atom. The van der Waals surface area contributed by atoms with Crippen LogP contribution in [0.15, 0.2) is 98.0 Å². The molecule has 2 aliphatic carbocycles. The predicted molar refractivity (Wildman–Crippen MR) is 270 cm³/mol. The topological polar surface area (TPSA) is 233 Å². The van der Waals surface area contributed by atoms with E-state index in [0.29, 0.717) is 72.9 Å². The third-order valence-electron chi connectivity index (χ3n) is 13.4. The number of benzene rings is 2. The third-order valence-corrected chi connectivity index (χ3v) is 13.4. The molecular weight excluding hydrogens is 911 g/mol. The molecule has 0 radical (unpaired) electrons. The number of nitrogens with one attached hydrogen (secondary N) is 2. The number of carbonyl (C=O) groups excluding carboxylic acids is 1. The van der Waals surface area contributed by atoms with Gasteiger partial charge in [-0.3, -0.25) is 14.2 Å². The van der Waals surface area contributed by atoms with Crippen LogP contribution in [-0.2, 0) is 22.6 Å². The van der Waals surface area contributed by atoms with E-state index in [0.717, 1.165) is 71.0 Å². The average Bonchev–Trinajstić information content (AvgIpc) is 4.28. The molecule has 2 N–H and O–H groups in total. The maximum Gasteiger partial charge on any atom is 0.253 e. The first kappa shape index (κ1) is 48.7. The summed E-state index contributed by atoms with van der Waals surface area (Å²) in [7, 11) is 3.18. The first-order valence-electron chi connectivity index (χ1n) is 24.4. The number of anilines is 5. The minimum absolute atomic E-state index is 0.0317. The monoisotopic (exact) mass is 967 g/mol. The second kappa shape index (κ2) is 23.1. The van der Waals surface area contributed by atoms with E-state index < -0.39 is 0 Å². The molecule has 3 fully saturated rings. The number of aryl methyl sites for hydroxylation is 1. The van der Waals surface area contributed by atoms with Gasteiger partial charge in [0.05, 0.1) is 88.4 Å². The van der Waals surface area contributed by atoms with Crippen molar-refractivity contribution in [1.82, 2.24) is 49.5 Å². The number of hydrogen-bond donors (Lipinski definition) is 2. The van der Waals surface area contributed by atoms with Crippen LogP contribution in [0.5, 0.6) is 11.5 Å². The predicted octanol–water partition coefficient (Wildman–Crippen LogP) is 8.97. The lowest BCUT2D eigenvalue weighted by molar-refractivity contribution is -0.125. The van der Waals surface area contributed by atoms with Crippen molar-refractivity contribution in [3.63, 3.8) is 0 Å². The first-order valence-corrected chi connectivity index (χ1v) is 24.4.